The van der Waals surface area contributed by atoms with Crippen LogP contribution in [0.1, 0.15) is 30.8 Å². The van der Waals surface area contributed by atoms with Crippen molar-refractivity contribution in [2.24, 2.45) is 0 Å². The van der Waals surface area contributed by atoms with Crippen molar-refractivity contribution in [3.05, 3.63) is 27.4 Å². The van der Waals surface area contributed by atoms with Crippen LogP contribution in [0.25, 0.3) is 0 Å². The molecule has 0 aliphatic heterocycles. The highest BCUT2D eigenvalue weighted by atomic mass is 16.4. The summed E-state index contributed by atoms with van der Waals surface area (Å²) in [7, 11) is 1.99. The molecule has 1 aromatic rings. The standard InChI is InChI=1S/C14H23N3O3/c1-9(2)16(5)6-7-17-11(4)12(8-13(18)19)10(3)15-14(17)20/h9H,6-8H2,1-5H3,(H,18,19). The van der Waals surface area contributed by atoms with Gasteiger partial charge >= 0.3 is 11.7 Å². The van der Waals surface area contributed by atoms with Gasteiger partial charge in [-0.15, -0.1) is 0 Å². The SMILES string of the molecule is Cc1nc(=O)n(CCN(C)C(C)C)c(C)c1CC(=O)O. The molecule has 0 saturated heterocycles. The van der Waals surface area contributed by atoms with Crippen LogP contribution >= 0.6 is 0 Å². The first kappa shape index (κ1) is 16.4. The molecule has 0 amide bonds. The molecule has 1 N–H and O–H groups in total. The van der Waals surface area contributed by atoms with Crippen molar-refractivity contribution in [3.8, 4) is 0 Å². The van der Waals surface area contributed by atoms with Gasteiger partial charge in [0.2, 0.25) is 0 Å². The van der Waals surface area contributed by atoms with Gasteiger partial charge in [-0.2, -0.15) is 4.98 Å². The molecule has 1 heterocycles. The number of aromatic nitrogens is 2. The minimum atomic E-state index is -0.914. The highest BCUT2D eigenvalue weighted by Crippen LogP contribution is 2.10. The van der Waals surface area contributed by atoms with Gasteiger partial charge in [0, 0.05) is 36.1 Å². The lowest BCUT2D eigenvalue weighted by atomic mass is 10.1. The number of hydrogen-bond acceptors (Lipinski definition) is 4. The van der Waals surface area contributed by atoms with Crippen LogP contribution in [-0.4, -0.2) is 45.2 Å². The summed E-state index contributed by atoms with van der Waals surface area (Å²) in [5.41, 5.74) is 1.51. The Morgan fingerprint density at radius 1 is 1.40 bits per heavy atom. The average Bonchev–Trinajstić information content (AvgIpc) is 2.33. The van der Waals surface area contributed by atoms with Crippen LogP contribution < -0.4 is 5.69 Å². The van der Waals surface area contributed by atoms with Crippen LogP contribution in [0.15, 0.2) is 4.79 Å². The molecule has 0 unspecified atom stereocenters. The molecular weight excluding hydrogens is 258 g/mol. The summed E-state index contributed by atoms with van der Waals surface area (Å²) in [4.78, 5) is 28.9. The van der Waals surface area contributed by atoms with Gasteiger partial charge in [-0.25, -0.2) is 4.79 Å². The third kappa shape index (κ3) is 3.90. The summed E-state index contributed by atoms with van der Waals surface area (Å²) in [6.07, 6.45) is -0.106. The van der Waals surface area contributed by atoms with Crippen LogP contribution in [0, 0.1) is 13.8 Å². The Kier molecular flexibility index (Phi) is 5.44. The summed E-state index contributed by atoms with van der Waals surface area (Å²) in [6, 6.07) is 0.392. The minimum absolute atomic E-state index is 0.106. The predicted octanol–water partition coefficient (Wildman–Crippen LogP) is 0.827. The topological polar surface area (TPSA) is 75.4 Å². The fourth-order valence-electron chi connectivity index (χ4n) is 2.03. The summed E-state index contributed by atoms with van der Waals surface area (Å²) < 4.78 is 1.56. The summed E-state index contributed by atoms with van der Waals surface area (Å²) in [5, 5.41) is 8.94. The van der Waals surface area contributed by atoms with Crippen molar-refractivity contribution in [1.82, 2.24) is 14.5 Å². The van der Waals surface area contributed by atoms with Gasteiger partial charge in [0.15, 0.2) is 0 Å². The first-order valence-corrected chi connectivity index (χ1v) is 6.73. The van der Waals surface area contributed by atoms with E-state index in [1.165, 1.54) is 0 Å². The highest BCUT2D eigenvalue weighted by molar-refractivity contribution is 5.70. The van der Waals surface area contributed by atoms with E-state index in [1.54, 1.807) is 18.4 Å². The van der Waals surface area contributed by atoms with E-state index < -0.39 is 5.97 Å². The van der Waals surface area contributed by atoms with E-state index in [-0.39, 0.29) is 12.1 Å². The molecule has 1 rings (SSSR count). The highest BCUT2D eigenvalue weighted by Gasteiger charge is 2.14. The number of nitrogens with zero attached hydrogens (tertiary/aromatic N) is 3. The Bertz CT molecular complexity index is 549. The molecule has 0 saturated carbocycles. The molecular formula is C14H23N3O3. The number of carboxylic acid groups (broad SMARTS) is 1. The van der Waals surface area contributed by atoms with E-state index >= 15 is 0 Å². The normalized spacial score (nSPS) is 11.3. The van der Waals surface area contributed by atoms with Crippen molar-refractivity contribution in [2.75, 3.05) is 13.6 Å². The molecule has 20 heavy (non-hydrogen) atoms. The predicted molar refractivity (Wildman–Crippen MR) is 77.1 cm³/mol. The van der Waals surface area contributed by atoms with Crippen molar-refractivity contribution < 1.29 is 9.90 Å². The number of aryl methyl sites for hydroxylation is 1. The molecule has 0 spiro atoms. The molecule has 0 aromatic carbocycles. The maximum atomic E-state index is 12.0. The second kappa shape index (κ2) is 6.65. The van der Waals surface area contributed by atoms with E-state index in [4.69, 9.17) is 5.11 Å². The third-order valence-corrected chi connectivity index (χ3v) is 3.66. The number of aliphatic carboxylic acids is 1. The van der Waals surface area contributed by atoms with Crippen LogP contribution in [-0.2, 0) is 17.8 Å². The zero-order chi connectivity index (χ0) is 15.4. The van der Waals surface area contributed by atoms with E-state index in [9.17, 15) is 9.59 Å². The fourth-order valence-corrected chi connectivity index (χ4v) is 2.03. The van der Waals surface area contributed by atoms with Gasteiger partial charge < -0.3 is 10.0 Å². The zero-order valence-electron chi connectivity index (χ0n) is 12.8. The second-order valence-electron chi connectivity index (χ2n) is 5.34. The quantitative estimate of drug-likeness (QED) is 0.836. The van der Waals surface area contributed by atoms with E-state index in [2.05, 4.69) is 23.7 Å². The number of carbonyl (C=O) groups is 1. The molecule has 0 bridgehead atoms. The minimum Gasteiger partial charge on any atom is -0.481 e. The van der Waals surface area contributed by atoms with Gasteiger partial charge in [-0.1, -0.05) is 0 Å². The van der Waals surface area contributed by atoms with Gasteiger partial charge in [-0.05, 0) is 34.7 Å². The summed E-state index contributed by atoms with van der Waals surface area (Å²) in [5.74, 6) is -0.914. The van der Waals surface area contributed by atoms with Crippen molar-refractivity contribution in [3.63, 3.8) is 0 Å². The molecule has 6 heteroatoms. The summed E-state index contributed by atoms with van der Waals surface area (Å²) >= 11 is 0. The number of likely N-dealkylation sites (N-methyl/N-ethyl adjacent to an activating group) is 1. The van der Waals surface area contributed by atoms with Gasteiger partial charge in [-0.3, -0.25) is 9.36 Å². The average molecular weight is 281 g/mol. The van der Waals surface area contributed by atoms with E-state index in [0.717, 1.165) is 6.54 Å². The van der Waals surface area contributed by atoms with Crippen molar-refractivity contribution >= 4 is 5.97 Å². The Morgan fingerprint density at radius 3 is 2.50 bits per heavy atom. The van der Waals surface area contributed by atoms with Crippen molar-refractivity contribution in [2.45, 2.75) is 46.7 Å². The number of hydrogen-bond donors (Lipinski definition) is 1. The lowest BCUT2D eigenvalue weighted by Gasteiger charge is -2.22. The monoisotopic (exact) mass is 281 g/mol. The van der Waals surface area contributed by atoms with Gasteiger partial charge in [0.05, 0.1) is 6.42 Å². The maximum absolute atomic E-state index is 12.0. The zero-order valence-corrected chi connectivity index (χ0v) is 12.8. The molecule has 1 aromatic heterocycles. The summed E-state index contributed by atoms with van der Waals surface area (Å²) in [6.45, 7) is 8.85. The van der Waals surface area contributed by atoms with Gasteiger partial charge in [0.1, 0.15) is 0 Å². The van der Waals surface area contributed by atoms with Crippen LogP contribution in [0.3, 0.4) is 0 Å². The molecule has 112 valence electrons. The molecule has 0 fully saturated rings. The van der Waals surface area contributed by atoms with Crippen LogP contribution in [0.4, 0.5) is 0 Å². The van der Waals surface area contributed by atoms with Crippen molar-refractivity contribution in [1.29, 1.82) is 0 Å². The Labute approximate surface area is 119 Å². The molecule has 0 aliphatic carbocycles. The smallest absolute Gasteiger partial charge is 0.348 e. The lowest BCUT2D eigenvalue weighted by molar-refractivity contribution is -0.136. The second-order valence-corrected chi connectivity index (χ2v) is 5.34. The Morgan fingerprint density at radius 2 is 2.00 bits per heavy atom. The first-order valence-electron chi connectivity index (χ1n) is 6.73. The van der Waals surface area contributed by atoms with E-state index in [1.807, 2.05) is 7.05 Å². The molecule has 0 radical (unpaired) electrons. The Hall–Kier alpha value is -1.69. The first-order chi connectivity index (χ1) is 9.23. The Balaban J connectivity index is 3.07. The number of carboxylic acids is 1. The third-order valence-electron chi connectivity index (χ3n) is 3.66. The molecule has 0 aliphatic rings. The lowest BCUT2D eigenvalue weighted by Crippen LogP contribution is -2.35. The molecule has 0 atom stereocenters. The van der Waals surface area contributed by atoms with Gasteiger partial charge in [0.25, 0.3) is 0 Å². The maximum Gasteiger partial charge on any atom is 0.348 e. The van der Waals surface area contributed by atoms with Crippen LogP contribution in [0.2, 0.25) is 0 Å². The fraction of sp³-hybridized carbons (Fsp3) is 0.643. The number of rotatable bonds is 6. The van der Waals surface area contributed by atoms with Crippen LogP contribution in [0.5, 0.6) is 0 Å². The molecule has 6 nitrogen and oxygen atoms in total. The largest absolute Gasteiger partial charge is 0.481 e. The van der Waals surface area contributed by atoms with E-state index in [0.29, 0.717) is 29.5 Å².